The van der Waals surface area contributed by atoms with E-state index in [-0.39, 0.29) is 19.1 Å². The molecule has 0 saturated carbocycles. The van der Waals surface area contributed by atoms with Crippen molar-refractivity contribution >= 4 is 21.7 Å². The minimum atomic E-state index is -3.46. The summed E-state index contributed by atoms with van der Waals surface area (Å²) in [5.74, 6) is -2.52. The molecular formula is C9H15NO6S. The monoisotopic (exact) mass is 265 g/mol. The van der Waals surface area contributed by atoms with E-state index in [0.717, 1.165) is 11.2 Å². The normalized spacial score (nSPS) is 24.9. The number of carbonyl (C=O) groups is 2. The van der Waals surface area contributed by atoms with Gasteiger partial charge in [-0.2, -0.15) is 0 Å². The maximum atomic E-state index is 11.7. The Morgan fingerprint density at radius 2 is 2.06 bits per heavy atom. The molecule has 0 spiro atoms. The zero-order valence-corrected chi connectivity index (χ0v) is 10.4. The van der Waals surface area contributed by atoms with Gasteiger partial charge in [0.25, 0.3) is 0 Å². The van der Waals surface area contributed by atoms with Crippen LogP contribution in [0.4, 0.5) is 0 Å². The molecule has 1 N–H and O–H groups in total. The van der Waals surface area contributed by atoms with Crippen LogP contribution in [0.3, 0.4) is 0 Å². The van der Waals surface area contributed by atoms with E-state index in [1.54, 1.807) is 0 Å². The first-order chi connectivity index (χ1) is 7.74. The molecule has 1 amide bonds. The molecule has 0 aromatic carbocycles. The molecule has 1 aliphatic rings. The first-order valence-corrected chi connectivity index (χ1v) is 7.03. The highest BCUT2D eigenvalue weighted by Crippen LogP contribution is 2.20. The zero-order chi connectivity index (χ0) is 13.2. The molecule has 0 radical (unpaired) electrons. The van der Waals surface area contributed by atoms with Crippen LogP contribution in [0.15, 0.2) is 0 Å². The summed E-state index contributed by atoms with van der Waals surface area (Å²) in [4.78, 5) is 23.7. The van der Waals surface area contributed by atoms with Gasteiger partial charge in [-0.3, -0.25) is 4.79 Å². The third-order valence-corrected chi connectivity index (χ3v) is 3.36. The van der Waals surface area contributed by atoms with E-state index in [4.69, 9.17) is 9.84 Å². The average Bonchev–Trinajstić information content (AvgIpc) is 2.58. The van der Waals surface area contributed by atoms with Gasteiger partial charge in [0, 0.05) is 26.3 Å². The van der Waals surface area contributed by atoms with Gasteiger partial charge in [0.15, 0.2) is 9.84 Å². The number of amides is 1. The Balaban J connectivity index is 2.80. The van der Waals surface area contributed by atoms with Gasteiger partial charge >= 0.3 is 5.97 Å². The maximum Gasteiger partial charge on any atom is 0.326 e. The van der Waals surface area contributed by atoms with E-state index in [9.17, 15) is 18.0 Å². The number of methoxy groups -OCH3 is 1. The van der Waals surface area contributed by atoms with Crippen LogP contribution in [0, 0.1) is 0 Å². The quantitative estimate of drug-likeness (QED) is 0.680. The van der Waals surface area contributed by atoms with Gasteiger partial charge in [0.2, 0.25) is 5.91 Å². The third kappa shape index (κ3) is 3.67. The summed E-state index contributed by atoms with van der Waals surface area (Å²) in [6.07, 6.45) is 0.755. The second-order valence-corrected chi connectivity index (χ2v) is 6.20. The number of nitrogens with zero attached hydrogens (tertiary/aromatic N) is 1. The number of hydrogen-bond acceptors (Lipinski definition) is 5. The molecule has 17 heavy (non-hydrogen) atoms. The first-order valence-electron chi connectivity index (χ1n) is 4.97. The Morgan fingerprint density at radius 3 is 2.47 bits per heavy atom. The van der Waals surface area contributed by atoms with Crippen LogP contribution in [0.25, 0.3) is 0 Å². The number of aliphatic carboxylic acids is 1. The van der Waals surface area contributed by atoms with Crippen molar-refractivity contribution in [3.63, 3.8) is 0 Å². The Bertz CT molecular complexity index is 417. The minimum absolute atomic E-state index is 0.113. The standard InChI is InChI=1S/C9H15NO6S/c1-16-6-3-7(9(12)13)10(4-6)8(11)5-17(2,14)15/h6-7H,3-5H2,1-2H3,(H,12,13). The molecule has 2 atom stereocenters. The summed E-state index contributed by atoms with van der Waals surface area (Å²) in [6.45, 7) is 0.113. The molecule has 98 valence electrons. The summed E-state index contributed by atoms with van der Waals surface area (Å²) < 4.78 is 27.0. The average molecular weight is 265 g/mol. The number of carboxylic acid groups (broad SMARTS) is 1. The number of rotatable bonds is 4. The molecular weight excluding hydrogens is 250 g/mol. The minimum Gasteiger partial charge on any atom is -0.480 e. The van der Waals surface area contributed by atoms with Crippen LogP contribution in [0.2, 0.25) is 0 Å². The predicted molar refractivity (Wildman–Crippen MR) is 58.3 cm³/mol. The van der Waals surface area contributed by atoms with Crippen molar-refractivity contribution in [2.45, 2.75) is 18.6 Å². The molecule has 1 aliphatic heterocycles. The molecule has 1 fully saturated rings. The summed E-state index contributed by atoms with van der Waals surface area (Å²) in [7, 11) is -2.03. The zero-order valence-electron chi connectivity index (χ0n) is 9.62. The summed E-state index contributed by atoms with van der Waals surface area (Å²) in [5.41, 5.74) is 0. The van der Waals surface area contributed by atoms with Gasteiger partial charge in [0.05, 0.1) is 6.10 Å². The number of sulfone groups is 1. The van der Waals surface area contributed by atoms with Crippen molar-refractivity contribution < 1.29 is 27.9 Å². The molecule has 0 aromatic rings. The van der Waals surface area contributed by atoms with Crippen molar-refractivity contribution in [3.05, 3.63) is 0 Å². The highest BCUT2D eigenvalue weighted by atomic mass is 32.2. The van der Waals surface area contributed by atoms with Crippen LogP contribution < -0.4 is 0 Å². The van der Waals surface area contributed by atoms with Crippen molar-refractivity contribution in [2.24, 2.45) is 0 Å². The van der Waals surface area contributed by atoms with Crippen LogP contribution in [-0.2, 0) is 24.2 Å². The van der Waals surface area contributed by atoms with Gasteiger partial charge in [-0.05, 0) is 0 Å². The Hall–Kier alpha value is -1.15. The fraction of sp³-hybridized carbons (Fsp3) is 0.778. The Kier molecular flexibility index (Phi) is 4.10. The third-order valence-electron chi connectivity index (χ3n) is 2.59. The second kappa shape index (κ2) is 5.01. The maximum absolute atomic E-state index is 11.7. The molecule has 1 saturated heterocycles. The van der Waals surface area contributed by atoms with E-state index in [1.165, 1.54) is 7.11 Å². The lowest BCUT2D eigenvalue weighted by Crippen LogP contribution is -2.43. The van der Waals surface area contributed by atoms with Crippen molar-refractivity contribution in [2.75, 3.05) is 25.7 Å². The van der Waals surface area contributed by atoms with Gasteiger partial charge in [-0.25, -0.2) is 13.2 Å². The van der Waals surface area contributed by atoms with Gasteiger partial charge in [-0.1, -0.05) is 0 Å². The summed E-state index contributed by atoms with van der Waals surface area (Å²) in [5, 5.41) is 8.95. The van der Waals surface area contributed by atoms with Crippen LogP contribution >= 0.6 is 0 Å². The fourth-order valence-electron chi connectivity index (χ4n) is 1.79. The molecule has 0 aromatic heterocycles. The van der Waals surface area contributed by atoms with E-state index in [2.05, 4.69) is 0 Å². The molecule has 0 bridgehead atoms. The summed E-state index contributed by atoms with van der Waals surface area (Å²) >= 11 is 0. The first kappa shape index (κ1) is 13.9. The number of likely N-dealkylation sites (tertiary alicyclic amines) is 1. The smallest absolute Gasteiger partial charge is 0.326 e. The van der Waals surface area contributed by atoms with Crippen LogP contribution in [0.5, 0.6) is 0 Å². The number of ether oxygens (including phenoxy) is 1. The van der Waals surface area contributed by atoms with Crippen molar-refractivity contribution in [1.82, 2.24) is 4.90 Å². The van der Waals surface area contributed by atoms with Gasteiger partial charge < -0.3 is 14.7 Å². The highest BCUT2D eigenvalue weighted by Gasteiger charge is 2.40. The van der Waals surface area contributed by atoms with E-state index in [1.807, 2.05) is 0 Å². The predicted octanol–water partition coefficient (Wildman–Crippen LogP) is -1.27. The highest BCUT2D eigenvalue weighted by molar-refractivity contribution is 7.91. The van der Waals surface area contributed by atoms with Gasteiger partial charge in [-0.15, -0.1) is 0 Å². The van der Waals surface area contributed by atoms with E-state index in [0.29, 0.717) is 0 Å². The Morgan fingerprint density at radius 1 is 1.47 bits per heavy atom. The molecule has 1 heterocycles. The lowest BCUT2D eigenvalue weighted by Gasteiger charge is -2.20. The molecule has 7 nitrogen and oxygen atoms in total. The second-order valence-electron chi connectivity index (χ2n) is 4.06. The fourth-order valence-corrected chi connectivity index (χ4v) is 2.40. The van der Waals surface area contributed by atoms with E-state index < -0.39 is 33.5 Å². The largest absolute Gasteiger partial charge is 0.480 e. The van der Waals surface area contributed by atoms with Crippen LogP contribution in [0.1, 0.15) is 6.42 Å². The Labute approximate surface area is 99.3 Å². The van der Waals surface area contributed by atoms with Crippen LogP contribution in [-0.4, -0.2) is 68.1 Å². The molecule has 1 rings (SSSR count). The van der Waals surface area contributed by atoms with Crippen molar-refractivity contribution in [3.8, 4) is 0 Å². The molecule has 2 unspecified atom stereocenters. The molecule has 0 aliphatic carbocycles. The summed E-state index contributed by atoms with van der Waals surface area (Å²) in [6, 6.07) is -1.01. The number of carboxylic acids is 1. The van der Waals surface area contributed by atoms with Gasteiger partial charge in [0.1, 0.15) is 11.8 Å². The number of hydrogen-bond donors (Lipinski definition) is 1. The van der Waals surface area contributed by atoms with E-state index >= 15 is 0 Å². The topological polar surface area (TPSA) is 101 Å². The SMILES string of the molecule is COC1CC(C(=O)O)N(C(=O)CS(C)(=O)=O)C1. The lowest BCUT2D eigenvalue weighted by atomic mass is 10.2. The van der Waals surface area contributed by atoms with Crippen molar-refractivity contribution in [1.29, 1.82) is 0 Å². The number of carbonyl (C=O) groups excluding carboxylic acids is 1. The molecule has 8 heteroatoms. The lowest BCUT2D eigenvalue weighted by molar-refractivity contribution is -0.147.